The average Bonchev–Trinajstić information content (AvgIpc) is 2.53. The molecule has 19 heavy (non-hydrogen) atoms. The first-order valence-corrected chi connectivity index (χ1v) is 6.39. The summed E-state index contributed by atoms with van der Waals surface area (Å²) in [5.41, 5.74) is -0.444. The lowest BCUT2D eigenvalue weighted by Crippen LogP contribution is -2.35. The molecular formula is C14H17F2NO2. The Bertz CT molecular complexity index is 445. The van der Waals surface area contributed by atoms with E-state index in [-0.39, 0.29) is 12.6 Å². The molecule has 1 saturated heterocycles. The first-order chi connectivity index (χ1) is 9.08. The van der Waals surface area contributed by atoms with E-state index < -0.39 is 23.0 Å². The van der Waals surface area contributed by atoms with Gasteiger partial charge in [0, 0.05) is 19.7 Å². The first-order valence-electron chi connectivity index (χ1n) is 6.39. The van der Waals surface area contributed by atoms with Gasteiger partial charge in [0.1, 0.15) is 11.6 Å². The van der Waals surface area contributed by atoms with Crippen LogP contribution in [0.1, 0.15) is 23.7 Å². The number of halogens is 2. The summed E-state index contributed by atoms with van der Waals surface area (Å²) in [5, 5.41) is 0. The van der Waals surface area contributed by atoms with E-state index in [0.29, 0.717) is 19.7 Å². The number of nitrogens with zero attached hydrogens (tertiary/aromatic N) is 1. The third-order valence-electron chi connectivity index (χ3n) is 3.15. The summed E-state index contributed by atoms with van der Waals surface area (Å²) in [6, 6.07) is 3.46. The van der Waals surface area contributed by atoms with Crippen molar-refractivity contribution in [2.45, 2.75) is 19.4 Å². The summed E-state index contributed by atoms with van der Waals surface area (Å²) in [6.07, 6.45) is 0.845. The third kappa shape index (κ3) is 3.58. The molecule has 1 aliphatic rings. The summed E-state index contributed by atoms with van der Waals surface area (Å²) < 4.78 is 32.5. The zero-order valence-electron chi connectivity index (χ0n) is 10.9. The Kier molecular flexibility index (Phi) is 4.61. The van der Waals surface area contributed by atoms with E-state index in [9.17, 15) is 13.6 Å². The van der Waals surface area contributed by atoms with Gasteiger partial charge in [-0.05, 0) is 25.5 Å². The molecule has 0 radical (unpaired) electrons. The molecule has 0 aromatic heterocycles. The van der Waals surface area contributed by atoms with Gasteiger partial charge in [0.2, 0.25) is 0 Å². The van der Waals surface area contributed by atoms with Gasteiger partial charge in [0.25, 0.3) is 0 Å². The highest BCUT2D eigenvalue weighted by atomic mass is 19.1. The van der Waals surface area contributed by atoms with Crippen LogP contribution >= 0.6 is 0 Å². The van der Waals surface area contributed by atoms with Crippen molar-refractivity contribution in [2.24, 2.45) is 0 Å². The molecule has 3 nitrogen and oxygen atoms in total. The molecule has 0 aliphatic carbocycles. The summed E-state index contributed by atoms with van der Waals surface area (Å²) in [5.74, 6) is -2.13. The van der Waals surface area contributed by atoms with Gasteiger partial charge in [-0.2, -0.15) is 0 Å². The fraction of sp³-hybridized carbons (Fsp3) is 0.500. The van der Waals surface area contributed by atoms with E-state index in [0.717, 1.165) is 18.6 Å². The third-order valence-corrected chi connectivity index (χ3v) is 3.15. The quantitative estimate of drug-likeness (QED) is 0.788. The number of ether oxygens (including phenoxy) is 1. The van der Waals surface area contributed by atoms with Crippen molar-refractivity contribution in [2.75, 3.05) is 26.2 Å². The Morgan fingerprint density at radius 3 is 2.79 bits per heavy atom. The Hall–Kier alpha value is -1.33. The second-order valence-corrected chi connectivity index (χ2v) is 4.79. The molecule has 0 bridgehead atoms. The monoisotopic (exact) mass is 269 g/mol. The molecule has 0 saturated carbocycles. The maximum atomic E-state index is 13.5. The minimum atomic E-state index is -0.802. The number of rotatable bonds is 3. The number of ketones is 1. The molecule has 1 aromatic carbocycles. The summed E-state index contributed by atoms with van der Waals surface area (Å²) in [6.45, 7) is 3.89. The molecule has 1 atom stereocenters. The Balaban J connectivity index is 2.08. The van der Waals surface area contributed by atoms with Crippen LogP contribution in [0, 0.1) is 11.6 Å². The van der Waals surface area contributed by atoms with E-state index in [1.165, 1.54) is 6.07 Å². The van der Waals surface area contributed by atoms with E-state index in [4.69, 9.17) is 4.74 Å². The number of carbonyl (C=O) groups is 1. The molecule has 1 fully saturated rings. The Morgan fingerprint density at radius 1 is 1.42 bits per heavy atom. The Morgan fingerprint density at radius 2 is 2.11 bits per heavy atom. The van der Waals surface area contributed by atoms with Crippen LogP contribution in [0.15, 0.2) is 18.2 Å². The summed E-state index contributed by atoms with van der Waals surface area (Å²) >= 11 is 0. The molecule has 1 heterocycles. The first kappa shape index (κ1) is 14.1. The number of carbonyl (C=O) groups excluding carboxylic acids is 1. The van der Waals surface area contributed by atoms with E-state index in [1.807, 2.05) is 11.8 Å². The standard InChI is InChI=1S/C14H17F2NO2/c1-10-8-17(6-3-7-19-10)9-13(18)14-11(15)4-2-5-12(14)16/h2,4-5,10H,3,6-9H2,1H3. The van der Waals surface area contributed by atoms with Gasteiger partial charge in [-0.3, -0.25) is 9.69 Å². The van der Waals surface area contributed by atoms with E-state index >= 15 is 0 Å². The van der Waals surface area contributed by atoms with Crippen molar-refractivity contribution in [1.82, 2.24) is 4.90 Å². The maximum Gasteiger partial charge on any atom is 0.182 e. The molecule has 1 aromatic rings. The molecule has 104 valence electrons. The number of hydrogen-bond acceptors (Lipinski definition) is 3. The van der Waals surface area contributed by atoms with Crippen molar-refractivity contribution in [3.05, 3.63) is 35.4 Å². The highest BCUT2D eigenvalue weighted by Gasteiger charge is 2.22. The van der Waals surface area contributed by atoms with Crippen molar-refractivity contribution in [1.29, 1.82) is 0 Å². The van der Waals surface area contributed by atoms with Crippen LogP contribution in [0.4, 0.5) is 8.78 Å². The van der Waals surface area contributed by atoms with Gasteiger partial charge >= 0.3 is 0 Å². The maximum absolute atomic E-state index is 13.5. The lowest BCUT2D eigenvalue weighted by Gasteiger charge is -2.20. The largest absolute Gasteiger partial charge is 0.377 e. The fourth-order valence-electron chi connectivity index (χ4n) is 2.27. The lowest BCUT2D eigenvalue weighted by molar-refractivity contribution is 0.0656. The molecule has 2 rings (SSSR count). The van der Waals surface area contributed by atoms with Crippen LogP contribution < -0.4 is 0 Å². The minimum absolute atomic E-state index is 0.0194. The SMILES string of the molecule is CC1CN(CC(=O)c2c(F)cccc2F)CCCO1. The van der Waals surface area contributed by atoms with Crippen LogP contribution in [0.5, 0.6) is 0 Å². The van der Waals surface area contributed by atoms with Crippen molar-refractivity contribution in [3.8, 4) is 0 Å². The van der Waals surface area contributed by atoms with Crippen LogP contribution in [-0.4, -0.2) is 43.0 Å². The zero-order chi connectivity index (χ0) is 13.8. The van der Waals surface area contributed by atoms with Gasteiger partial charge < -0.3 is 4.74 Å². The van der Waals surface area contributed by atoms with E-state index in [1.54, 1.807) is 0 Å². The lowest BCUT2D eigenvalue weighted by atomic mass is 10.1. The van der Waals surface area contributed by atoms with Crippen LogP contribution in [0.2, 0.25) is 0 Å². The smallest absolute Gasteiger partial charge is 0.182 e. The van der Waals surface area contributed by atoms with Crippen molar-refractivity contribution in [3.63, 3.8) is 0 Å². The minimum Gasteiger partial charge on any atom is -0.377 e. The second kappa shape index (κ2) is 6.21. The van der Waals surface area contributed by atoms with Crippen LogP contribution in [-0.2, 0) is 4.74 Å². The van der Waals surface area contributed by atoms with Gasteiger partial charge in [0.15, 0.2) is 5.78 Å². The normalized spacial score (nSPS) is 21.1. The summed E-state index contributed by atoms with van der Waals surface area (Å²) in [7, 11) is 0. The van der Waals surface area contributed by atoms with Gasteiger partial charge in [-0.15, -0.1) is 0 Å². The predicted octanol–water partition coefficient (Wildman–Crippen LogP) is 2.26. The van der Waals surface area contributed by atoms with E-state index in [2.05, 4.69) is 0 Å². The van der Waals surface area contributed by atoms with Crippen molar-refractivity contribution >= 4 is 5.78 Å². The number of Topliss-reactive ketones (excluding diaryl/α,β-unsaturated/α-hetero) is 1. The summed E-state index contributed by atoms with van der Waals surface area (Å²) in [4.78, 5) is 13.9. The molecule has 1 unspecified atom stereocenters. The second-order valence-electron chi connectivity index (χ2n) is 4.79. The zero-order valence-corrected chi connectivity index (χ0v) is 10.9. The molecular weight excluding hydrogens is 252 g/mol. The molecule has 1 aliphatic heterocycles. The topological polar surface area (TPSA) is 29.5 Å². The Labute approximate surface area is 111 Å². The number of benzene rings is 1. The van der Waals surface area contributed by atoms with Crippen LogP contribution in [0.25, 0.3) is 0 Å². The fourth-order valence-corrected chi connectivity index (χ4v) is 2.27. The van der Waals surface area contributed by atoms with Gasteiger partial charge in [0.05, 0.1) is 18.2 Å². The highest BCUT2D eigenvalue weighted by Crippen LogP contribution is 2.14. The molecule has 5 heteroatoms. The van der Waals surface area contributed by atoms with Crippen LogP contribution in [0.3, 0.4) is 0 Å². The number of hydrogen-bond donors (Lipinski definition) is 0. The molecule has 0 spiro atoms. The van der Waals surface area contributed by atoms with Crippen molar-refractivity contribution < 1.29 is 18.3 Å². The molecule has 0 amide bonds. The average molecular weight is 269 g/mol. The van der Waals surface area contributed by atoms with Gasteiger partial charge in [-0.1, -0.05) is 6.07 Å². The molecule has 0 N–H and O–H groups in total. The highest BCUT2D eigenvalue weighted by molar-refractivity contribution is 5.98. The predicted molar refractivity (Wildman–Crippen MR) is 67.2 cm³/mol. The van der Waals surface area contributed by atoms with Gasteiger partial charge in [-0.25, -0.2) is 8.78 Å².